The Morgan fingerprint density at radius 2 is 2.30 bits per heavy atom. The fraction of sp³-hybridized carbons (Fsp3) is 0.364. The van der Waals surface area contributed by atoms with Crippen molar-refractivity contribution in [1.29, 1.82) is 0 Å². The van der Waals surface area contributed by atoms with Gasteiger partial charge >= 0.3 is 0 Å². The molecule has 1 aromatic heterocycles. The van der Waals surface area contributed by atoms with Crippen molar-refractivity contribution in [3.05, 3.63) is 28.3 Å². The Morgan fingerprint density at radius 3 is 2.95 bits per heavy atom. The van der Waals surface area contributed by atoms with Gasteiger partial charge in [-0.3, -0.25) is 14.3 Å². The van der Waals surface area contributed by atoms with E-state index in [2.05, 4.69) is 10.3 Å². The SMILES string of the molecule is Cl.O=[N+]([O-])c1ccc2sc(S(=O)C3CCNC3)nc2c1. The summed E-state index contributed by atoms with van der Waals surface area (Å²) < 4.78 is 13.7. The molecular formula is C11H12ClN3O3S2. The molecule has 3 rings (SSSR count). The number of hydrogen-bond donors (Lipinski definition) is 1. The Kier molecular flexibility index (Phi) is 4.69. The molecule has 1 aliphatic heterocycles. The molecule has 1 N–H and O–H groups in total. The van der Waals surface area contributed by atoms with E-state index >= 15 is 0 Å². The second kappa shape index (κ2) is 6.13. The molecule has 1 aliphatic rings. The summed E-state index contributed by atoms with van der Waals surface area (Å²) in [5.41, 5.74) is 0.561. The van der Waals surface area contributed by atoms with Crippen LogP contribution in [0.4, 0.5) is 5.69 Å². The molecule has 1 aromatic carbocycles. The molecule has 0 spiro atoms. The monoisotopic (exact) mass is 333 g/mol. The highest BCUT2D eigenvalue weighted by molar-refractivity contribution is 7.88. The molecule has 20 heavy (non-hydrogen) atoms. The van der Waals surface area contributed by atoms with Gasteiger partial charge in [0.2, 0.25) is 0 Å². The van der Waals surface area contributed by atoms with E-state index in [0.717, 1.165) is 24.2 Å². The number of halogens is 1. The van der Waals surface area contributed by atoms with Crippen molar-refractivity contribution in [2.75, 3.05) is 13.1 Å². The number of non-ortho nitro benzene ring substituents is 1. The molecule has 0 saturated carbocycles. The molecule has 2 atom stereocenters. The third kappa shape index (κ3) is 2.83. The van der Waals surface area contributed by atoms with Crippen molar-refractivity contribution in [2.24, 2.45) is 0 Å². The summed E-state index contributed by atoms with van der Waals surface area (Å²) in [4.78, 5) is 14.5. The molecule has 1 saturated heterocycles. The minimum Gasteiger partial charge on any atom is -0.315 e. The lowest BCUT2D eigenvalue weighted by Gasteiger charge is -2.03. The zero-order valence-corrected chi connectivity index (χ0v) is 12.7. The molecule has 9 heteroatoms. The number of fused-ring (bicyclic) bond motifs is 1. The van der Waals surface area contributed by atoms with Gasteiger partial charge < -0.3 is 5.32 Å². The number of rotatable bonds is 3. The summed E-state index contributed by atoms with van der Waals surface area (Å²) in [6.07, 6.45) is 0.878. The van der Waals surface area contributed by atoms with E-state index in [1.807, 2.05) is 0 Å². The molecule has 2 heterocycles. The molecule has 6 nitrogen and oxygen atoms in total. The number of nitrogens with zero attached hydrogens (tertiary/aromatic N) is 2. The van der Waals surface area contributed by atoms with Crippen molar-refractivity contribution < 1.29 is 9.13 Å². The molecule has 2 aromatic rings. The number of thiazole rings is 1. The average molecular weight is 334 g/mol. The van der Waals surface area contributed by atoms with Crippen LogP contribution in [0.1, 0.15) is 6.42 Å². The molecule has 108 valence electrons. The van der Waals surface area contributed by atoms with Gasteiger partial charge in [-0.2, -0.15) is 0 Å². The fourth-order valence-electron chi connectivity index (χ4n) is 2.05. The lowest BCUT2D eigenvalue weighted by molar-refractivity contribution is -0.384. The smallest absolute Gasteiger partial charge is 0.271 e. The molecular weight excluding hydrogens is 322 g/mol. The van der Waals surface area contributed by atoms with Crippen molar-refractivity contribution in [3.8, 4) is 0 Å². The van der Waals surface area contributed by atoms with Crippen LogP contribution in [0.15, 0.2) is 22.5 Å². The molecule has 1 fully saturated rings. The Balaban J connectivity index is 0.00000147. The minimum absolute atomic E-state index is 0. The summed E-state index contributed by atoms with van der Waals surface area (Å²) in [6, 6.07) is 4.54. The van der Waals surface area contributed by atoms with Crippen molar-refractivity contribution >= 4 is 50.4 Å². The zero-order valence-electron chi connectivity index (χ0n) is 10.3. The maximum atomic E-state index is 12.3. The zero-order chi connectivity index (χ0) is 13.4. The summed E-state index contributed by atoms with van der Waals surface area (Å²) in [5, 5.41) is 14.0. The van der Waals surface area contributed by atoms with Crippen LogP contribution < -0.4 is 5.32 Å². The normalized spacial score (nSPS) is 19.7. The Bertz CT molecular complexity index is 670. The van der Waals surface area contributed by atoms with Crippen LogP contribution >= 0.6 is 23.7 Å². The summed E-state index contributed by atoms with van der Waals surface area (Å²) in [6.45, 7) is 1.62. The number of benzene rings is 1. The van der Waals surface area contributed by atoms with Gasteiger partial charge in [0.25, 0.3) is 5.69 Å². The fourth-order valence-corrected chi connectivity index (χ4v) is 4.81. The van der Waals surface area contributed by atoms with E-state index in [1.165, 1.54) is 23.5 Å². The number of nitrogens with one attached hydrogen (secondary N) is 1. The van der Waals surface area contributed by atoms with Gasteiger partial charge in [-0.25, -0.2) is 4.98 Å². The third-order valence-electron chi connectivity index (χ3n) is 3.05. The average Bonchev–Trinajstić information content (AvgIpc) is 3.06. The first-order valence-electron chi connectivity index (χ1n) is 5.81. The number of aromatic nitrogens is 1. The van der Waals surface area contributed by atoms with E-state index in [4.69, 9.17) is 0 Å². The van der Waals surface area contributed by atoms with Crippen LogP contribution in [0, 0.1) is 10.1 Å². The van der Waals surface area contributed by atoms with Gasteiger partial charge in [-0.05, 0) is 19.0 Å². The number of nitro groups is 1. The van der Waals surface area contributed by atoms with Crippen molar-refractivity contribution in [3.63, 3.8) is 0 Å². The van der Waals surface area contributed by atoms with Gasteiger partial charge in [0.05, 0.1) is 31.2 Å². The summed E-state index contributed by atoms with van der Waals surface area (Å²) >= 11 is 1.35. The van der Waals surface area contributed by atoms with E-state index in [9.17, 15) is 14.3 Å². The van der Waals surface area contributed by atoms with Gasteiger partial charge in [0, 0.05) is 18.7 Å². The first-order chi connectivity index (χ1) is 9.15. The van der Waals surface area contributed by atoms with Gasteiger partial charge in [0.1, 0.15) is 0 Å². The molecule has 0 aliphatic carbocycles. The lowest BCUT2D eigenvalue weighted by atomic mass is 10.3. The van der Waals surface area contributed by atoms with Crippen LogP contribution in [0.25, 0.3) is 10.2 Å². The lowest BCUT2D eigenvalue weighted by Crippen LogP contribution is -2.18. The van der Waals surface area contributed by atoms with E-state index in [-0.39, 0.29) is 23.3 Å². The van der Waals surface area contributed by atoms with Crippen LogP contribution in [0.3, 0.4) is 0 Å². The second-order valence-electron chi connectivity index (χ2n) is 4.30. The quantitative estimate of drug-likeness (QED) is 0.686. The van der Waals surface area contributed by atoms with E-state index < -0.39 is 15.7 Å². The van der Waals surface area contributed by atoms with Crippen LogP contribution in [0.5, 0.6) is 0 Å². The predicted octanol–water partition coefficient (Wildman–Crippen LogP) is 2.10. The number of nitro benzene ring substituents is 1. The van der Waals surface area contributed by atoms with Crippen LogP contribution in [-0.2, 0) is 10.8 Å². The highest BCUT2D eigenvalue weighted by Crippen LogP contribution is 2.29. The first-order valence-corrected chi connectivity index (χ1v) is 7.84. The highest BCUT2D eigenvalue weighted by Gasteiger charge is 2.25. The third-order valence-corrected chi connectivity index (χ3v) is 6.07. The Morgan fingerprint density at radius 1 is 1.50 bits per heavy atom. The first kappa shape index (κ1) is 15.3. The topological polar surface area (TPSA) is 85.1 Å². The maximum Gasteiger partial charge on any atom is 0.271 e. The second-order valence-corrected chi connectivity index (χ2v) is 7.24. The maximum absolute atomic E-state index is 12.3. The van der Waals surface area contributed by atoms with Crippen molar-refractivity contribution in [1.82, 2.24) is 10.3 Å². The Hall–Kier alpha value is -1.09. The molecule has 0 amide bonds. The van der Waals surface area contributed by atoms with Gasteiger partial charge in [-0.15, -0.1) is 23.7 Å². The summed E-state index contributed by atoms with van der Waals surface area (Å²) in [5.74, 6) is 0. The predicted molar refractivity (Wildman–Crippen MR) is 81.2 cm³/mol. The van der Waals surface area contributed by atoms with Crippen LogP contribution in [0.2, 0.25) is 0 Å². The molecule has 0 radical (unpaired) electrons. The molecule has 0 bridgehead atoms. The minimum atomic E-state index is -1.13. The Labute approximate surface area is 127 Å². The standard InChI is InChI=1S/C11H11N3O3S2.ClH/c15-14(16)7-1-2-10-9(5-7)13-11(18-10)19(17)8-3-4-12-6-8;/h1-2,5,8,12H,3-4,6H2;1H. The molecule has 2 unspecified atom stereocenters. The van der Waals surface area contributed by atoms with E-state index in [1.54, 1.807) is 6.07 Å². The number of hydrogen-bond acceptors (Lipinski definition) is 6. The van der Waals surface area contributed by atoms with E-state index in [0.29, 0.717) is 9.86 Å². The highest BCUT2D eigenvalue weighted by atomic mass is 35.5. The van der Waals surface area contributed by atoms with Crippen LogP contribution in [-0.4, -0.2) is 32.5 Å². The van der Waals surface area contributed by atoms with Gasteiger partial charge in [-0.1, -0.05) is 0 Å². The summed E-state index contributed by atoms with van der Waals surface area (Å²) in [7, 11) is -1.13. The van der Waals surface area contributed by atoms with Gasteiger partial charge in [0.15, 0.2) is 4.34 Å². The largest absolute Gasteiger partial charge is 0.315 e. The van der Waals surface area contributed by atoms with Crippen molar-refractivity contribution in [2.45, 2.75) is 16.0 Å².